The van der Waals surface area contributed by atoms with Gasteiger partial charge in [-0.3, -0.25) is 0 Å². The van der Waals surface area contributed by atoms with Crippen molar-refractivity contribution in [3.05, 3.63) is 21.9 Å². The van der Waals surface area contributed by atoms with Gasteiger partial charge < -0.3 is 14.9 Å². The number of hydrogen-bond acceptors (Lipinski definition) is 5. The summed E-state index contributed by atoms with van der Waals surface area (Å²) in [4.78, 5) is 22.7. The molecule has 0 aromatic carbocycles. The van der Waals surface area contributed by atoms with Crippen LogP contribution in [0.2, 0.25) is 0 Å². The molecular weight excluding hydrogens is 274 g/mol. The second kappa shape index (κ2) is 5.83. The fourth-order valence-corrected chi connectivity index (χ4v) is 3.27. The summed E-state index contributed by atoms with van der Waals surface area (Å²) in [6.45, 7) is 0. The molecule has 0 saturated heterocycles. The number of rotatable bonds is 4. The van der Waals surface area contributed by atoms with Crippen LogP contribution in [0.4, 0.5) is 5.82 Å². The maximum atomic E-state index is 12.3. The van der Waals surface area contributed by atoms with Crippen LogP contribution in [0.5, 0.6) is 0 Å². The van der Waals surface area contributed by atoms with E-state index in [0.29, 0.717) is 0 Å². The van der Waals surface area contributed by atoms with Crippen molar-refractivity contribution in [3.63, 3.8) is 0 Å². The van der Waals surface area contributed by atoms with Crippen molar-refractivity contribution in [1.29, 1.82) is 0 Å². The molecule has 1 aromatic heterocycles. The third kappa shape index (κ3) is 2.91. The summed E-state index contributed by atoms with van der Waals surface area (Å²) in [5.41, 5.74) is 0.223. The van der Waals surface area contributed by atoms with Gasteiger partial charge in [0.05, 0.1) is 17.2 Å². The molecule has 2 saturated carbocycles. The Kier molecular flexibility index (Phi) is 3.90. The van der Waals surface area contributed by atoms with Crippen LogP contribution in [0.1, 0.15) is 67.9 Å². The highest BCUT2D eigenvalue weighted by molar-refractivity contribution is 5.88. The highest BCUT2D eigenvalue weighted by Crippen LogP contribution is 2.32. The molecule has 1 heterocycles. The van der Waals surface area contributed by atoms with Gasteiger partial charge in [0.15, 0.2) is 5.69 Å². The maximum Gasteiger partial charge on any atom is 0.390 e. The van der Waals surface area contributed by atoms with Crippen molar-refractivity contribution in [2.24, 2.45) is 0 Å². The lowest BCUT2D eigenvalue weighted by Crippen LogP contribution is -2.20. The van der Waals surface area contributed by atoms with Crippen molar-refractivity contribution in [2.75, 3.05) is 0 Å². The average Bonchev–Trinajstić information content (AvgIpc) is 3.19. The van der Waals surface area contributed by atoms with E-state index >= 15 is 0 Å². The van der Waals surface area contributed by atoms with Crippen molar-refractivity contribution in [1.82, 2.24) is 9.78 Å². The Morgan fingerprint density at radius 3 is 2.48 bits per heavy atom. The molecule has 3 rings (SSSR count). The van der Waals surface area contributed by atoms with E-state index in [0.717, 1.165) is 51.4 Å². The van der Waals surface area contributed by atoms with E-state index in [9.17, 15) is 14.9 Å². The van der Waals surface area contributed by atoms with Crippen molar-refractivity contribution >= 4 is 11.8 Å². The van der Waals surface area contributed by atoms with E-state index in [4.69, 9.17) is 4.74 Å². The summed E-state index contributed by atoms with van der Waals surface area (Å²) in [5, 5.41) is 14.9. The Bertz CT molecular complexity index is 542. The van der Waals surface area contributed by atoms with E-state index in [-0.39, 0.29) is 23.7 Å². The molecule has 1 aromatic rings. The monoisotopic (exact) mass is 293 g/mol. The molecule has 0 amide bonds. The Labute approximate surface area is 122 Å². The third-order valence-corrected chi connectivity index (χ3v) is 4.37. The smallest absolute Gasteiger partial charge is 0.390 e. The molecule has 0 aliphatic heterocycles. The topological polar surface area (TPSA) is 87.3 Å². The van der Waals surface area contributed by atoms with E-state index in [2.05, 4.69) is 5.10 Å². The predicted octanol–water partition coefficient (Wildman–Crippen LogP) is 3.01. The first-order chi connectivity index (χ1) is 10.1. The highest BCUT2D eigenvalue weighted by atomic mass is 16.6. The lowest BCUT2D eigenvalue weighted by molar-refractivity contribution is -0.389. The van der Waals surface area contributed by atoms with E-state index in [1.807, 2.05) is 0 Å². The Balaban J connectivity index is 1.83. The second-order valence-electron chi connectivity index (χ2n) is 5.84. The third-order valence-electron chi connectivity index (χ3n) is 4.37. The summed E-state index contributed by atoms with van der Waals surface area (Å²) < 4.78 is 6.98. The molecule has 2 aliphatic carbocycles. The number of nitrogens with zero attached hydrogens (tertiary/aromatic N) is 3. The molecule has 21 heavy (non-hydrogen) atoms. The van der Waals surface area contributed by atoms with Crippen LogP contribution in [-0.2, 0) is 4.74 Å². The van der Waals surface area contributed by atoms with Crippen molar-refractivity contribution in [2.45, 2.75) is 63.5 Å². The standard InChI is InChI=1S/C14H19N3O4/c18-14(21-11-7-3-4-8-11)12-9-13(17(19)20)15-16(12)10-5-1-2-6-10/h9-11H,1-8H2. The predicted molar refractivity (Wildman–Crippen MR) is 74.1 cm³/mol. The van der Waals surface area contributed by atoms with Gasteiger partial charge in [-0.25, -0.2) is 4.79 Å². The molecule has 0 unspecified atom stereocenters. The SMILES string of the molecule is O=C(OC1CCCC1)c1cc([N+](=O)[O-])nn1C1CCCC1. The van der Waals surface area contributed by atoms with Crippen molar-refractivity contribution < 1.29 is 14.5 Å². The van der Waals surface area contributed by atoms with Gasteiger partial charge in [0, 0.05) is 0 Å². The quantitative estimate of drug-likeness (QED) is 0.484. The molecule has 0 N–H and O–H groups in total. The lowest BCUT2D eigenvalue weighted by Gasteiger charge is -2.13. The van der Waals surface area contributed by atoms with Crippen LogP contribution in [0.25, 0.3) is 0 Å². The second-order valence-corrected chi connectivity index (χ2v) is 5.84. The molecule has 0 atom stereocenters. The first-order valence-electron chi connectivity index (χ1n) is 7.60. The van der Waals surface area contributed by atoms with Crippen LogP contribution in [0, 0.1) is 10.1 Å². The molecular formula is C14H19N3O4. The zero-order valence-corrected chi connectivity index (χ0v) is 11.9. The number of esters is 1. The average molecular weight is 293 g/mol. The van der Waals surface area contributed by atoms with E-state index in [1.54, 1.807) is 0 Å². The number of carbonyl (C=O) groups excluding carboxylic acids is 1. The lowest BCUT2D eigenvalue weighted by atomic mass is 10.2. The van der Waals surface area contributed by atoms with Gasteiger partial charge in [0.1, 0.15) is 6.10 Å². The van der Waals surface area contributed by atoms with Crippen LogP contribution >= 0.6 is 0 Å². The molecule has 7 nitrogen and oxygen atoms in total. The molecule has 2 fully saturated rings. The summed E-state index contributed by atoms with van der Waals surface area (Å²) in [6, 6.07) is 1.32. The molecule has 114 valence electrons. The van der Waals surface area contributed by atoms with Gasteiger partial charge in [0.25, 0.3) is 0 Å². The Hall–Kier alpha value is -1.92. The summed E-state index contributed by atoms with van der Waals surface area (Å²) >= 11 is 0. The fourth-order valence-electron chi connectivity index (χ4n) is 3.27. The highest BCUT2D eigenvalue weighted by Gasteiger charge is 2.32. The van der Waals surface area contributed by atoms with Crippen LogP contribution < -0.4 is 0 Å². The minimum atomic E-state index is -0.558. The maximum absolute atomic E-state index is 12.3. The van der Waals surface area contributed by atoms with Crippen molar-refractivity contribution in [3.8, 4) is 0 Å². The van der Waals surface area contributed by atoms with Crippen LogP contribution in [0.3, 0.4) is 0 Å². The molecule has 0 bridgehead atoms. The Morgan fingerprint density at radius 2 is 1.86 bits per heavy atom. The molecule has 7 heteroatoms. The largest absolute Gasteiger partial charge is 0.458 e. The minimum absolute atomic E-state index is 0.0523. The number of carbonyl (C=O) groups is 1. The summed E-state index contributed by atoms with van der Waals surface area (Å²) in [5.74, 6) is -0.755. The number of nitro groups is 1. The van der Waals surface area contributed by atoms with Gasteiger partial charge in [-0.2, -0.15) is 4.68 Å². The van der Waals surface area contributed by atoms with E-state index < -0.39 is 10.9 Å². The first kappa shape index (κ1) is 14.0. The number of aromatic nitrogens is 2. The summed E-state index contributed by atoms with van der Waals surface area (Å²) in [7, 11) is 0. The van der Waals surface area contributed by atoms with Crippen LogP contribution in [0.15, 0.2) is 6.07 Å². The van der Waals surface area contributed by atoms with Gasteiger partial charge >= 0.3 is 11.8 Å². The molecule has 0 spiro atoms. The van der Waals surface area contributed by atoms with Gasteiger partial charge in [0.2, 0.25) is 0 Å². The minimum Gasteiger partial charge on any atom is -0.458 e. The first-order valence-corrected chi connectivity index (χ1v) is 7.60. The number of hydrogen-bond donors (Lipinski definition) is 0. The van der Waals surface area contributed by atoms with Crippen LogP contribution in [-0.4, -0.2) is 26.8 Å². The van der Waals surface area contributed by atoms with E-state index in [1.165, 1.54) is 10.7 Å². The van der Waals surface area contributed by atoms with Gasteiger partial charge in [-0.15, -0.1) is 0 Å². The normalized spacial score (nSPS) is 20.0. The fraction of sp³-hybridized carbons (Fsp3) is 0.714. The zero-order chi connectivity index (χ0) is 14.8. The zero-order valence-electron chi connectivity index (χ0n) is 11.9. The number of ether oxygens (including phenoxy) is 1. The van der Waals surface area contributed by atoms with Gasteiger partial charge in [-0.1, -0.05) is 12.8 Å². The Morgan fingerprint density at radius 1 is 1.24 bits per heavy atom. The summed E-state index contributed by atoms with van der Waals surface area (Å²) in [6.07, 6.45) is 7.79. The molecule has 2 aliphatic rings. The molecule has 0 radical (unpaired) electrons. The van der Waals surface area contributed by atoms with Gasteiger partial charge in [-0.05, 0) is 43.4 Å².